The van der Waals surface area contributed by atoms with Crippen LogP contribution in [-0.4, -0.2) is 42.6 Å². The maximum atomic E-state index is 10.2. The van der Waals surface area contributed by atoms with E-state index in [2.05, 4.69) is 9.97 Å². The number of pyridine rings is 1. The Hall–Kier alpha value is -1.96. The summed E-state index contributed by atoms with van der Waals surface area (Å²) in [6, 6.07) is 1.64. The van der Waals surface area contributed by atoms with Gasteiger partial charge in [0.2, 0.25) is 0 Å². The molecule has 102 valence electrons. The lowest BCUT2D eigenvalue weighted by atomic mass is 10.1. The van der Waals surface area contributed by atoms with Crippen molar-refractivity contribution in [3.05, 3.63) is 30.2 Å². The summed E-state index contributed by atoms with van der Waals surface area (Å²) in [5, 5.41) is 29.3. The normalized spacial score (nSPS) is 15.7. The molecule has 0 amide bonds. The van der Waals surface area contributed by atoms with E-state index in [9.17, 15) is 10.2 Å². The molecule has 0 saturated heterocycles. The lowest BCUT2D eigenvalue weighted by Gasteiger charge is -2.21. The molecule has 0 aliphatic heterocycles. The molecule has 2 aromatic heterocycles. The van der Waals surface area contributed by atoms with Gasteiger partial charge in [-0.1, -0.05) is 6.08 Å². The fraction of sp³-hybridized carbons (Fsp3) is 0.333. The first kappa shape index (κ1) is 13.5. The molecule has 0 fully saturated rings. The largest absolute Gasteiger partial charge is 0.392 e. The van der Waals surface area contributed by atoms with Crippen molar-refractivity contribution in [2.45, 2.75) is 19.3 Å². The van der Waals surface area contributed by atoms with E-state index in [1.54, 1.807) is 19.1 Å². The van der Waals surface area contributed by atoms with Crippen LogP contribution in [0.5, 0.6) is 0 Å². The zero-order valence-electron chi connectivity index (χ0n) is 10.4. The first-order valence-corrected chi connectivity index (χ1v) is 5.79. The number of anilines is 1. The maximum Gasteiger partial charge on any atom is 0.162 e. The Kier molecular flexibility index (Phi) is 3.79. The number of hydrogen-bond donors (Lipinski definition) is 4. The van der Waals surface area contributed by atoms with Gasteiger partial charge in [-0.2, -0.15) is 0 Å². The van der Waals surface area contributed by atoms with Crippen molar-refractivity contribution < 1.29 is 15.3 Å². The zero-order chi connectivity index (χ0) is 14.0. The van der Waals surface area contributed by atoms with E-state index < -0.39 is 12.3 Å². The average molecular weight is 264 g/mol. The highest BCUT2D eigenvalue weighted by molar-refractivity contribution is 5.84. The molecular formula is C12H16N4O3. The predicted octanol–water partition coefficient (Wildman–Crippen LogP) is -0.196. The fourth-order valence-electron chi connectivity index (χ4n) is 1.89. The Morgan fingerprint density at radius 2 is 2.21 bits per heavy atom. The third-order valence-electron chi connectivity index (χ3n) is 3.02. The smallest absolute Gasteiger partial charge is 0.162 e. The third-order valence-corrected chi connectivity index (χ3v) is 3.02. The van der Waals surface area contributed by atoms with Crippen LogP contribution in [0.15, 0.2) is 30.2 Å². The van der Waals surface area contributed by atoms with E-state index in [0.29, 0.717) is 16.6 Å². The molecule has 7 heteroatoms. The van der Waals surface area contributed by atoms with Crippen LogP contribution in [0.3, 0.4) is 0 Å². The van der Waals surface area contributed by atoms with Crippen molar-refractivity contribution in [3.63, 3.8) is 0 Å². The van der Waals surface area contributed by atoms with Gasteiger partial charge in [-0.05, 0) is 18.6 Å². The Bertz CT molecular complexity index is 608. The number of nitrogens with zero attached hydrogens (tertiary/aromatic N) is 3. The standard InChI is InChI=1S/C12H16N4O3/c1-2-7(5-17)10(18)12(19)16-6-15-9-8(16)3-4-14-11(9)13/h2-4,6,10,12,17-19H,5H2,1H3,(H2,13,14)/b7-2-/t10-,12-/m1/s1. The minimum Gasteiger partial charge on any atom is -0.392 e. The molecule has 2 heterocycles. The molecular weight excluding hydrogens is 248 g/mol. The van der Waals surface area contributed by atoms with E-state index in [1.165, 1.54) is 17.1 Å². The van der Waals surface area contributed by atoms with Crippen LogP contribution in [0, 0.1) is 0 Å². The van der Waals surface area contributed by atoms with E-state index >= 15 is 0 Å². The van der Waals surface area contributed by atoms with Crippen molar-refractivity contribution >= 4 is 16.9 Å². The molecule has 0 spiro atoms. The molecule has 5 N–H and O–H groups in total. The van der Waals surface area contributed by atoms with Gasteiger partial charge in [0.15, 0.2) is 12.0 Å². The highest BCUT2D eigenvalue weighted by Gasteiger charge is 2.23. The summed E-state index contributed by atoms with van der Waals surface area (Å²) in [7, 11) is 0. The topological polar surface area (TPSA) is 117 Å². The number of allylic oxidation sites excluding steroid dienone is 1. The van der Waals surface area contributed by atoms with Gasteiger partial charge in [0.1, 0.15) is 11.6 Å². The van der Waals surface area contributed by atoms with Crippen LogP contribution >= 0.6 is 0 Å². The van der Waals surface area contributed by atoms with Crippen molar-refractivity contribution in [2.75, 3.05) is 12.3 Å². The minimum absolute atomic E-state index is 0.256. The van der Waals surface area contributed by atoms with Crippen molar-refractivity contribution in [2.24, 2.45) is 0 Å². The highest BCUT2D eigenvalue weighted by atomic mass is 16.3. The van der Waals surface area contributed by atoms with Crippen LogP contribution < -0.4 is 5.73 Å². The van der Waals surface area contributed by atoms with Gasteiger partial charge in [0.25, 0.3) is 0 Å². The lowest BCUT2D eigenvalue weighted by molar-refractivity contribution is -0.0103. The first-order valence-electron chi connectivity index (χ1n) is 5.79. The minimum atomic E-state index is -1.26. The van der Waals surface area contributed by atoms with Gasteiger partial charge >= 0.3 is 0 Å². The van der Waals surface area contributed by atoms with Crippen LogP contribution in [-0.2, 0) is 0 Å². The number of aliphatic hydroxyl groups excluding tert-OH is 3. The second kappa shape index (κ2) is 5.35. The number of nitrogen functional groups attached to an aromatic ring is 1. The Morgan fingerprint density at radius 1 is 1.47 bits per heavy atom. The van der Waals surface area contributed by atoms with Gasteiger partial charge in [-0.15, -0.1) is 0 Å². The van der Waals surface area contributed by atoms with Crippen LogP contribution in [0.1, 0.15) is 13.2 Å². The van der Waals surface area contributed by atoms with E-state index in [-0.39, 0.29) is 12.4 Å². The van der Waals surface area contributed by atoms with Gasteiger partial charge in [0.05, 0.1) is 18.5 Å². The monoisotopic (exact) mass is 264 g/mol. The number of fused-ring (bicyclic) bond motifs is 1. The number of hydrogen-bond acceptors (Lipinski definition) is 6. The van der Waals surface area contributed by atoms with Crippen LogP contribution in [0.4, 0.5) is 5.82 Å². The summed E-state index contributed by atoms with van der Waals surface area (Å²) >= 11 is 0. The van der Waals surface area contributed by atoms with Gasteiger partial charge in [-0.25, -0.2) is 9.97 Å². The van der Waals surface area contributed by atoms with Crippen molar-refractivity contribution in [1.29, 1.82) is 0 Å². The molecule has 19 heavy (non-hydrogen) atoms. The quantitative estimate of drug-likeness (QED) is 0.568. The Morgan fingerprint density at radius 3 is 2.84 bits per heavy atom. The predicted molar refractivity (Wildman–Crippen MR) is 70.0 cm³/mol. The second-order valence-corrected chi connectivity index (χ2v) is 4.10. The van der Waals surface area contributed by atoms with Gasteiger partial charge < -0.3 is 25.6 Å². The first-order chi connectivity index (χ1) is 9.10. The Balaban J connectivity index is 2.42. The molecule has 7 nitrogen and oxygen atoms in total. The maximum absolute atomic E-state index is 10.2. The molecule has 2 atom stereocenters. The van der Waals surface area contributed by atoms with Crippen LogP contribution in [0.2, 0.25) is 0 Å². The number of rotatable bonds is 4. The molecule has 2 aromatic rings. The highest BCUT2D eigenvalue weighted by Crippen LogP contribution is 2.23. The summed E-state index contributed by atoms with van der Waals surface area (Å²) in [4.78, 5) is 7.95. The Labute approximate surface area is 109 Å². The number of aromatic nitrogens is 3. The van der Waals surface area contributed by atoms with Crippen LogP contribution in [0.25, 0.3) is 11.0 Å². The summed E-state index contributed by atoms with van der Waals surface area (Å²) in [5.41, 5.74) is 7.03. The SMILES string of the molecule is C/C=C(/CO)[C@@H](O)[C@@H](O)n1cnc2c(N)nccc21. The third kappa shape index (κ3) is 2.30. The second-order valence-electron chi connectivity index (χ2n) is 4.10. The molecule has 0 aromatic carbocycles. The molecule has 2 rings (SSSR count). The number of imidazole rings is 1. The van der Waals surface area contributed by atoms with E-state index in [1.807, 2.05) is 0 Å². The van der Waals surface area contributed by atoms with E-state index in [4.69, 9.17) is 10.8 Å². The molecule has 0 saturated carbocycles. The zero-order valence-corrected chi connectivity index (χ0v) is 10.4. The summed E-state index contributed by atoms with van der Waals surface area (Å²) in [6.07, 6.45) is 1.95. The molecule has 0 aliphatic rings. The molecule has 0 aliphatic carbocycles. The van der Waals surface area contributed by atoms with E-state index in [0.717, 1.165) is 0 Å². The van der Waals surface area contributed by atoms with Gasteiger partial charge in [-0.3, -0.25) is 0 Å². The van der Waals surface area contributed by atoms with Crippen molar-refractivity contribution in [1.82, 2.24) is 14.5 Å². The fourth-order valence-corrected chi connectivity index (χ4v) is 1.89. The molecule has 0 unspecified atom stereocenters. The lowest BCUT2D eigenvalue weighted by Crippen LogP contribution is -2.26. The summed E-state index contributed by atoms with van der Waals surface area (Å²) < 4.78 is 1.39. The molecule has 0 bridgehead atoms. The summed E-state index contributed by atoms with van der Waals surface area (Å²) in [6.45, 7) is 1.35. The number of nitrogens with two attached hydrogens (primary N) is 1. The van der Waals surface area contributed by atoms with Crippen molar-refractivity contribution in [3.8, 4) is 0 Å². The number of aliphatic hydroxyl groups is 3. The van der Waals surface area contributed by atoms with Gasteiger partial charge in [0, 0.05) is 6.20 Å². The average Bonchev–Trinajstić information content (AvgIpc) is 2.84. The molecule has 0 radical (unpaired) electrons. The summed E-state index contributed by atoms with van der Waals surface area (Å²) in [5.74, 6) is 0.256.